The topological polar surface area (TPSA) is 59.6 Å². The Hall–Kier alpha value is -1.55. The van der Waals surface area contributed by atoms with Crippen LogP contribution in [0.5, 0.6) is 0 Å². The van der Waals surface area contributed by atoms with E-state index in [1.165, 1.54) is 5.69 Å². The highest BCUT2D eigenvalue weighted by Crippen LogP contribution is 2.27. The molecule has 3 heterocycles. The number of nitrogens with zero attached hydrogens (tertiary/aromatic N) is 2. The van der Waals surface area contributed by atoms with Gasteiger partial charge in [-0.3, -0.25) is 0 Å². The van der Waals surface area contributed by atoms with Gasteiger partial charge in [-0.2, -0.15) is 0 Å². The van der Waals surface area contributed by atoms with Gasteiger partial charge in [0.15, 0.2) is 0 Å². The zero-order chi connectivity index (χ0) is 11.1. The average molecular weight is 216 g/mol. The molecule has 0 amide bonds. The molecule has 0 saturated carbocycles. The number of hydrogen-bond acceptors (Lipinski definition) is 2. The molecular weight excluding hydrogens is 200 g/mol. The lowest BCUT2D eigenvalue weighted by atomic mass is 10.0. The first-order valence-corrected chi connectivity index (χ1v) is 5.70. The van der Waals surface area contributed by atoms with Crippen LogP contribution in [0.25, 0.3) is 11.3 Å². The minimum atomic E-state index is 0.279. The highest BCUT2D eigenvalue weighted by atomic mass is 15.1. The van der Waals surface area contributed by atoms with Crippen molar-refractivity contribution in [2.75, 3.05) is 0 Å². The summed E-state index contributed by atoms with van der Waals surface area (Å²) < 4.78 is 2.30. The van der Waals surface area contributed by atoms with Crippen molar-refractivity contribution < 1.29 is 0 Å². The number of aromatic amines is 1. The van der Waals surface area contributed by atoms with Crippen LogP contribution in [0.2, 0.25) is 0 Å². The van der Waals surface area contributed by atoms with Gasteiger partial charge in [0.25, 0.3) is 0 Å². The summed E-state index contributed by atoms with van der Waals surface area (Å²) in [6, 6.07) is 2.34. The van der Waals surface area contributed by atoms with E-state index in [0.717, 1.165) is 36.5 Å². The van der Waals surface area contributed by atoms with Gasteiger partial charge in [0.1, 0.15) is 5.82 Å². The van der Waals surface area contributed by atoms with Gasteiger partial charge in [-0.1, -0.05) is 0 Å². The summed E-state index contributed by atoms with van der Waals surface area (Å²) >= 11 is 0. The van der Waals surface area contributed by atoms with Crippen LogP contribution in [-0.4, -0.2) is 20.6 Å². The van der Waals surface area contributed by atoms with E-state index >= 15 is 0 Å². The highest BCUT2D eigenvalue weighted by molar-refractivity contribution is 5.62. The molecule has 84 valence electrons. The summed E-state index contributed by atoms with van der Waals surface area (Å²) in [5.74, 6) is 1.10. The molecule has 0 aromatic carbocycles. The Kier molecular flexibility index (Phi) is 2.11. The number of nitrogens with one attached hydrogen (secondary N) is 1. The molecule has 1 aliphatic heterocycles. The summed E-state index contributed by atoms with van der Waals surface area (Å²) in [6.07, 6.45) is 5.90. The number of rotatable bonds is 1. The number of aromatic nitrogens is 3. The number of imidazole rings is 1. The van der Waals surface area contributed by atoms with E-state index < -0.39 is 0 Å². The second-order valence-electron chi connectivity index (χ2n) is 4.46. The Bertz CT molecular complexity index is 495. The van der Waals surface area contributed by atoms with E-state index in [2.05, 4.69) is 27.5 Å². The summed E-state index contributed by atoms with van der Waals surface area (Å²) in [7, 11) is 0. The molecule has 1 aliphatic rings. The van der Waals surface area contributed by atoms with Crippen LogP contribution in [0.4, 0.5) is 0 Å². The van der Waals surface area contributed by atoms with Gasteiger partial charge in [0.05, 0.1) is 5.69 Å². The van der Waals surface area contributed by atoms with Crippen LogP contribution in [0.3, 0.4) is 0 Å². The van der Waals surface area contributed by atoms with E-state index in [9.17, 15) is 0 Å². The van der Waals surface area contributed by atoms with Crippen LogP contribution in [-0.2, 0) is 13.0 Å². The Balaban J connectivity index is 2.13. The van der Waals surface area contributed by atoms with E-state index in [0.29, 0.717) is 0 Å². The maximum Gasteiger partial charge on any atom is 0.106 e. The molecule has 1 unspecified atom stereocenters. The predicted molar refractivity (Wildman–Crippen MR) is 63.0 cm³/mol. The molecule has 3 rings (SSSR count). The quantitative estimate of drug-likeness (QED) is 0.758. The van der Waals surface area contributed by atoms with E-state index in [1.807, 2.05) is 12.4 Å². The van der Waals surface area contributed by atoms with Crippen molar-refractivity contribution in [3.8, 4) is 11.3 Å². The van der Waals surface area contributed by atoms with Crippen molar-refractivity contribution >= 4 is 0 Å². The summed E-state index contributed by atoms with van der Waals surface area (Å²) in [6.45, 7) is 3.07. The van der Waals surface area contributed by atoms with Gasteiger partial charge in [-0.05, 0) is 19.4 Å². The van der Waals surface area contributed by atoms with Gasteiger partial charge in [-0.25, -0.2) is 4.98 Å². The minimum Gasteiger partial charge on any atom is -0.367 e. The molecule has 2 aromatic rings. The van der Waals surface area contributed by atoms with Crippen LogP contribution >= 0.6 is 0 Å². The zero-order valence-corrected chi connectivity index (χ0v) is 9.40. The fraction of sp³-hybridized carbons (Fsp3) is 0.417. The maximum atomic E-state index is 6.03. The van der Waals surface area contributed by atoms with Crippen molar-refractivity contribution in [1.29, 1.82) is 0 Å². The lowest BCUT2D eigenvalue weighted by Crippen LogP contribution is -2.31. The first kappa shape index (κ1) is 9.66. The van der Waals surface area contributed by atoms with E-state index in [1.54, 1.807) is 0 Å². The largest absolute Gasteiger partial charge is 0.367 e. The molecular formula is C12H16N4. The van der Waals surface area contributed by atoms with Crippen LogP contribution in [0, 0.1) is 6.92 Å². The fourth-order valence-electron chi connectivity index (χ4n) is 2.46. The first-order chi connectivity index (χ1) is 7.75. The average Bonchev–Trinajstić information content (AvgIpc) is 2.86. The van der Waals surface area contributed by atoms with Crippen molar-refractivity contribution in [2.45, 2.75) is 32.4 Å². The zero-order valence-electron chi connectivity index (χ0n) is 9.40. The van der Waals surface area contributed by atoms with Crippen molar-refractivity contribution in [1.82, 2.24) is 14.5 Å². The van der Waals surface area contributed by atoms with Crippen molar-refractivity contribution in [3.63, 3.8) is 0 Å². The fourth-order valence-corrected chi connectivity index (χ4v) is 2.46. The Morgan fingerprint density at radius 1 is 1.56 bits per heavy atom. The summed E-state index contributed by atoms with van der Waals surface area (Å²) in [5.41, 5.74) is 9.57. The number of hydrogen-bond donors (Lipinski definition) is 2. The molecule has 4 nitrogen and oxygen atoms in total. The van der Waals surface area contributed by atoms with Gasteiger partial charge in [0, 0.05) is 42.7 Å². The van der Waals surface area contributed by atoms with Gasteiger partial charge in [0.2, 0.25) is 0 Å². The summed E-state index contributed by atoms with van der Waals surface area (Å²) in [4.78, 5) is 7.73. The molecule has 0 fully saturated rings. The molecule has 0 saturated heterocycles. The third kappa shape index (κ3) is 1.38. The monoisotopic (exact) mass is 216 g/mol. The summed E-state index contributed by atoms with van der Waals surface area (Å²) in [5, 5.41) is 0. The second-order valence-corrected chi connectivity index (χ2v) is 4.46. The number of fused-ring (bicyclic) bond motifs is 1. The second kappa shape index (κ2) is 3.49. The molecule has 3 N–H and O–H groups in total. The molecule has 0 radical (unpaired) electrons. The van der Waals surface area contributed by atoms with Gasteiger partial charge >= 0.3 is 0 Å². The molecule has 0 aliphatic carbocycles. The molecule has 2 aromatic heterocycles. The Morgan fingerprint density at radius 3 is 3.19 bits per heavy atom. The van der Waals surface area contributed by atoms with Crippen LogP contribution < -0.4 is 5.73 Å². The number of H-pyrrole nitrogens is 1. The van der Waals surface area contributed by atoms with Gasteiger partial charge in [-0.15, -0.1) is 0 Å². The number of nitrogens with two attached hydrogens (primary N) is 1. The van der Waals surface area contributed by atoms with Gasteiger partial charge < -0.3 is 15.3 Å². The Labute approximate surface area is 94.5 Å². The van der Waals surface area contributed by atoms with Crippen LogP contribution in [0.15, 0.2) is 18.5 Å². The number of aryl methyl sites for hydroxylation is 1. The smallest absolute Gasteiger partial charge is 0.106 e. The normalized spacial score (nSPS) is 19.8. The third-order valence-corrected chi connectivity index (χ3v) is 3.31. The minimum absolute atomic E-state index is 0.279. The maximum absolute atomic E-state index is 6.03. The standard InChI is InChI=1S/C12H16N4/c1-8-15-12(9-2-4-14-7-9)11-6-10(13)3-5-16(8)11/h2,4,7,10,14H,3,5-6,13H2,1H3. The molecule has 4 heteroatoms. The van der Waals surface area contributed by atoms with E-state index in [4.69, 9.17) is 5.73 Å². The molecule has 0 spiro atoms. The van der Waals surface area contributed by atoms with Crippen LogP contribution in [0.1, 0.15) is 17.9 Å². The Morgan fingerprint density at radius 2 is 2.44 bits per heavy atom. The molecule has 1 atom stereocenters. The third-order valence-electron chi connectivity index (χ3n) is 3.31. The van der Waals surface area contributed by atoms with Crippen molar-refractivity contribution in [2.24, 2.45) is 5.73 Å². The lowest BCUT2D eigenvalue weighted by molar-refractivity contribution is 0.466. The van der Waals surface area contributed by atoms with E-state index in [-0.39, 0.29) is 6.04 Å². The SMILES string of the molecule is Cc1nc(-c2cc[nH]c2)c2n1CCC(N)C2. The lowest BCUT2D eigenvalue weighted by Gasteiger charge is -2.21. The molecule has 16 heavy (non-hydrogen) atoms. The molecule has 0 bridgehead atoms. The van der Waals surface area contributed by atoms with Crippen molar-refractivity contribution in [3.05, 3.63) is 30.0 Å². The first-order valence-electron chi connectivity index (χ1n) is 5.70. The highest BCUT2D eigenvalue weighted by Gasteiger charge is 2.22. The predicted octanol–water partition coefficient (Wildman–Crippen LogP) is 1.46.